The second-order valence-corrected chi connectivity index (χ2v) is 5.39. The SMILES string of the molecule is CC(C)c1ccccc1N(C)C(=O)[C@@H]1CC(=O)NC(=O)N1. The lowest BCUT2D eigenvalue weighted by Gasteiger charge is -2.28. The molecule has 0 radical (unpaired) electrons. The van der Waals surface area contributed by atoms with E-state index in [4.69, 9.17) is 0 Å². The lowest BCUT2D eigenvalue weighted by atomic mass is 10.00. The summed E-state index contributed by atoms with van der Waals surface area (Å²) in [6, 6.07) is 6.16. The number of carbonyl (C=O) groups is 3. The smallest absolute Gasteiger partial charge is 0.322 e. The van der Waals surface area contributed by atoms with Crippen LogP contribution in [0.1, 0.15) is 31.7 Å². The standard InChI is InChI=1S/C15H19N3O3/c1-9(2)10-6-4-5-7-12(10)18(3)14(20)11-8-13(19)17-15(21)16-11/h4-7,9,11H,8H2,1-3H3,(H2,16,17,19,21)/t11-/m0/s1. The molecule has 112 valence electrons. The molecule has 6 nitrogen and oxygen atoms in total. The number of nitrogens with one attached hydrogen (secondary N) is 2. The Kier molecular flexibility index (Phi) is 4.26. The van der Waals surface area contributed by atoms with Crippen molar-refractivity contribution < 1.29 is 14.4 Å². The number of rotatable bonds is 3. The molecule has 0 aliphatic carbocycles. The maximum Gasteiger partial charge on any atom is 0.322 e. The van der Waals surface area contributed by atoms with Crippen LogP contribution < -0.4 is 15.5 Å². The zero-order valence-corrected chi connectivity index (χ0v) is 12.3. The first-order chi connectivity index (χ1) is 9.90. The molecular formula is C15H19N3O3. The molecule has 2 N–H and O–H groups in total. The van der Waals surface area contributed by atoms with Gasteiger partial charge in [-0.05, 0) is 17.5 Å². The van der Waals surface area contributed by atoms with Crippen molar-refractivity contribution in [2.75, 3.05) is 11.9 Å². The molecule has 21 heavy (non-hydrogen) atoms. The summed E-state index contributed by atoms with van der Waals surface area (Å²) in [4.78, 5) is 36.7. The van der Waals surface area contributed by atoms with Crippen molar-refractivity contribution in [3.8, 4) is 0 Å². The van der Waals surface area contributed by atoms with E-state index in [1.54, 1.807) is 7.05 Å². The van der Waals surface area contributed by atoms with Crippen LogP contribution in [-0.4, -0.2) is 30.9 Å². The predicted molar refractivity (Wildman–Crippen MR) is 79.0 cm³/mol. The van der Waals surface area contributed by atoms with E-state index in [-0.39, 0.29) is 18.2 Å². The number of amides is 4. The third kappa shape index (κ3) is 3.21. The third-order valence-electron chi connectivity index (χ3n) is 3.50. The minimum Gasteiger partial charge on any atom is -0.325 e. The Bertz CT molecular complexity index is 567. The molecule has 1 saturated heterocycles. The highest BCUT2D eigenvalue weighted by atomic mass is 16.2. The molecule has 1 aromatic carbocycles. The Morgan fingerprint density at radius 3 is 2.57 bits per heavy atom. The van der Waals surface area contributed by atoms with Crippen molar-refractivity contribution in [3.63, 3.8) is 0 Å². The Morgan fingerprint density at radius 1 is 1.29 bits per heavy atom. The Labute approximate surface area is 123 Å². The molecule has 0 aromatic heterocycles. The molecule has 2 rings (SSSR count). The van der Waals surface area contributed by atoms with Gasteiger partial charge in [-0.25, -0.2) is 4.79 Å². The van der Waals surface area contributed by atoms with Gasteiger partial charge in [0.1, 0.15) is 6.04 Å². The van der Waals surface area contributed by atoms with Gasteiger partial charge in [-0.3, -0.25) is 14.9 Å². The Morgan fingerprint density at radius 2 is 1.95 bits per heavy atom. The van der Waals surface area contributed by atoms with Crippen LogP contribution in [0, 0.1) is 0 Å². The van der Waals surface area contributed by atoms with Crippen molar-refractivity contribution in [2.24, 2.45) is 0 Å². The normalized spacial score (nSPS) is 18.2. The highest BCUT2D eigenvalue weighted by Crippen LogP contribution is 2.27. The summed E-state index contributed by atoms with van der Waals surface area (Å²) in [6.45, 7) is 4.10. The van der Waals surface area contributed by atoms with Crippen LogP contribution in [-0.2, 0) is 9.59 Å². The first-order valence-electron chi connectivity index (χ1n) is 6.87. The average Bonchev–Trinajstić information content (AvgIpc) is 2.44. The first kappa shape index (κ1) is 15.0. The summed E-state index contributed by atoms with van der Waals surface area (Å²) in [6.07, 6.45) is -0.0429. The van der Waals surface area contributed by atoms with Gasteiger partial charge in [-0.1, -0.05) is 32.0 Å². The Hall–Kier alpha value is -2.37. The fourth-order valence-electron chi connectivity index (χ4n) is 2.39. The summed E-state index contributed by atoms with van der Waals surface area (Å²) in [5.74, 6) is -0.477. The van der Waals surface area contributed by atoms with E-state index < -0.39 is 18.0 Å². The van der Waals surface area contributed by atoms with E-state index in [0.717, 1.165) is 11.3 Å². The van der Waals surface area contributed by atoms with E-state index in [2.05, 4.69) is 10.6 Å². The minimum absolute atomic E-state index is 0.0429. The number of carbonyl (C=O) groups excluding carboxylic acids is 3. The molecular weight excluding hydrogens is 270 g/mol. The summed E-state index contributed by atoms with van der Waals surface area (Å²) < 4.78 is 0. The molecule has 0 spiro atoms. The number of hydrogen-bond donors (Lipinski definition) is 2. The molecule has 6 heteroatoms. The molecule has 4 amide bonds. The maximum absolute atomic E-state index is 12.5. The number of benzene rings is 1. The number of imide groups is 1. The van der Waals surface area contributed by atoms with E-state index in [1.165, 1.54) is 4.90 Å². The molecule has 1 atom stereocenters. The monoisotopic (exact) mass is 289 g/mol. The zero-order valence-electron chi connectivity index (χ0n) is 12.3. The van der Waals surface area contributed by atoms with Crippen LogP contribution in [0.2, 0.25) is 0 Å². The van der Waals surface area contributed by atoms with Crippen molar-refractivity contribution in [1.29, 1.82) is 0 Å². The predicted octanol–water partition coefficient (Wildman–Crippen LogP) is 1.37. The van der Waals surface area contributed by atoms with Gasteiger partial charge < -0.3 is 10.2 Å². The van der Waals surface area contributed by atoms with E-state index in [0.29, 0.717) is 0 Å². The van der Waals surface area contributed by atoms with Gasteiger partial charge in [0.2, 0.25) is 11.8 Å². The minimum atomic E-state index is -0.823. The van der Waals surface area contributed by atoms with Crippen molar-refractivity contribution in [3.05, 3.63) is 29.8 Å². The van der Waals surface area contributed by atoms with E-state index in [9.17, 15) is 14.4 Å². The summed E-state index contributed by atoms with van der Waals surface area (Å²) in [7, 11) is 1.65. The second kappa shape index (κ2) is 5.95. The van der Waals surface area contributed by atoms with Crippen LogP contribution in [0.5, 0.6) is 0 Å². The number of hydrogen-bond acceptors (Lipinski definition) is 3. The fourth-order valence-corrected chi connectivity index (χ4v) is 2.39. The maximum atomic E-state index is 12.5. The summed E-state index contributed by atoms with van der Waals surface area (Å²) >= 11 is 0. The molecule has 1 aliphatic heterocycles. The van der Waals surface area contributed by atoms with Gasteiger partial charge in [0.25, 0.3) is 0 Å². The van der Waals surface area contributed by atoms with Crippen molar-refractivity contribution in [1.82, 2.24) is 10.6 Å². The van der Waals surface area contributed by atoms with Crippen LogP contribution in [0.15, 0.2) is 24.3 Å². The number of para-hydroxylation sites is 1. The molecule has 0 saturated carbocycles. The number of nitrogens with zero attached hydrogens (tertiary/aromatic N) is 1. The zero-order chi connectivity index (χ0) is 15.6. The molecule has 1 heterocycles. The highest BCUT2D eigenvalue weighted by Gasteiger charge is 2.32. The van der Waals surface area contributed by atoms with Gasteiger partial charge in [-0.2, -0.15) is 0 Å². The quantitative estimate of drug-likeness (QED) is 0.882. The van der Waals surface area contributed by atoms with Crippen molar-refractivity contribution in [2.45, 2.75) is 32.2 Å². The number of likely N-dealkylation sites (N-methyl/N-ethyl adjacent to an activating group) is 1. The number of anilines is 1. The van der Waals surface area contributed by atoms with Crippen LogP contribution in [0.4, 0.5) is 10.5 Å². The van der Waals surface area contributed by atoms with Crippen LogP contribution >= 0.6 is 0 Å². The summed E-state index contributed by atoms with van der Waals surface area (Å²) in [5.41, 5.74) is 1.83. The van der Waals surface area contributed by atoms with Gasteiger partial charge >= 0.3 is 6.03 Å². The van der Waals surface area contributed by atoms with Gasteiger partial charge in [0.05, 0.1) is 6.42 Å². The highest BCUT2D eigenvalue weighted by molar-refractivity contribution is 6.06. The lowest BCUT2D eigenvalue weighted by Crippen LogP contribution is -2.58. The topological polar surface area (TPSA) is 78.5 Å². The summed E-state index contributed by atoms with van der Waals surface area (Å²) in [5, 5.41) is 4.60. The number of urea groups is 1. The first-order valence-corrected chi connectivity index (χ1v) is 6.87. The molecule has 1 aliphatic rings. The average molecular weight is 289 g/mol. The van der Waals surface area contributed by atoms with Gasteiger partial charge in [-0.15, -0.1) is 0 Å². The van der Waals surface area contributed by atoms with Crippen LogP contribution in [0.3, 0.4) is 0 Å². The third-order valence-corrected chi connectivity index (χ3v) is 3.50. The van der Waals surface area contributed by atoms with Crippen LogP contribution in [0.25, 0.3) is 0 Å². The fraction of sp³-hybridized carbons (Fsp3) is 0.400. The van der Waals surface area contributed by atoms with Gasteiger partial charge in [0, 0.05) is 12.7 Å². The second-order valence-electron chi connectivity index (χ2n) is 5.39. The van der Waals surface area contributed by atoms with Gasteiger partial charge in [0.15, 0.2) is 0 Å². The van der Waals surface area contributed by atoms with Crippen molar-refractivity contribution >= 4 is 23.5 Å². The largest absolute Gasteiger partial charge is 0.325 e. The molecule has 0 unspecified atom stereocenters. The molecule has 0 bridgehead atoms. The molecule has 1 fully saturated rings. The van der Waals surface area contributed by atoms with E-state index in [1.807, 2.05) is 38.1 Å². The van der Waals surface area contributed by atoms with E-state index >= 15 is 0 Å². The lowest BCUT2D eigenvalue weighted by molar-refractivity contribution is -0.127. The Balaban J connectivity index is 2.23. The molecule has 1 aromatic rings.